The number of aliphatic imine (C=N–C) groups is 1. The average Bonchev–Trinajstić information content (AvgIpc) is 2.97. The van der Waals surface area contributed by atoms with E-state index in [0.717, 1.165) is 50.5 Å². The Labute approximate surface area is 121 Å². The van der Waals surface area contributed by atoms with Crippen LogP contribution in [0, 0.1) is 0 Å². The van der Waals surface area contributed by atoms with Gasteiger partial charge in [0, 0.05) is 19.5 Å². The molecule has 0 aliphatic rings. The summed E-state index contributed by atoms with van der Waals surface area (Å²) in [7, 11) is 0. The van der Waals surface area contributed by atoms with E-state index in [-0.39, 0.29) is 12.6 Å². The van der Waals surface area contributed by atoms with E-state index in [2.05, 4.69) is 22.5 Å². The smallest absolute Gasteiger partial charge is 0.191 e. The van der Waals surface area contributed by atoms with Gasteiger partial charge in [0.2, 0.25) is 0 Å². The SMILES string of the molecule is CCCCN=C(NCCc1ccco1)N[C@H](CC)CO. The van der Waals surface area contributed by atoms with E-state index in [0.29, 0.717) is 0 Å². The second-order valence-corrected chi connectivity index (χ2v) is 4.77. The van der Waals surface area contributed by atoms with Gasteiger partial charge in [0.05, 0.1) is 18.9 Å². The molecule has 0 unspecified atom stereocenters. The standard InChI is InChI=1S/C15H27N3O2/c1-3-5-9-16-15(18-13(4-2)12-19)17-10-8-14-7-6-11-20-14/h6-7,11,13,19H,3-5,8-10,12H2,1-2H3,(H2,16,17,18)/t13-/m1/s1. The van der Waals surface area contributed by atoms with Gasteiger partial charge in [0.15, 0.2) is 5.96 Å². The van der Waals surface area contributed by atoms with E-state index >= 15 is 0 Å². The maximum Gasteiger partial charge on any atom is 0.191 e. The fourth-order valence-corrected chi connectivity index (χ4v) is 1.73. The molecule has 0 saturated carbocycles. The summed E-state index contributed by atoms with van der Waals surface area (Å²) >= 11 is 0. The Morgan fingerprint density at radius 1 is 1.45 bits per heavy atom. The van der Waals surface area contributed by atoms with E-state index in [1.807, 2.05) is 19.1 Å². The van der Waals surface area contributed by atoms with Crippen molar-refractivity contribution in [1.82, 2.24) is 10.6 Å². The molecule has 1 aromatic rings. The summed E-state index contributed by atoms with van der Waals surface area (Å²) in [6.45, 7) is 5.86. The van der Waals surface area contributed by atoms with Gasteiger partial charge in [-0.3, -0.25) is 4.99 Å². The quantitative estimate of drug-likeness (QED) is 0.367. The Balaban J connectivity index is 2.42. The number of guanidine groups is 1. The van der Waals surface area contributed by atoms with Gasteiger partial charge in [-0.05, 0) is 25.0 Å². The molecular formula is C15H27N3O2. The number of furan rings is 1. The minimum atomic E-state index is 0.0477. The molecule has 5 nitrogen and oxygen atoms in total. The summed E-state index contributed by atoms with van der Waals surface area (Å²) in [4.78, 5) is 4.52. The molecule has 20 heavy (non-hydrogen) atoms. The molecule has 5 heteroatoms. The van der Waals surface area contributed by atoms with Crippen molar-refractivity contribution in [2.75, 3.05) is 19.7 Å². The fraction of sp³-hybridized carbons (Fsp3) is 0.667. The molecule has 0 aromatic carbocycles. The fourth-order valence-electron chi connectivity index (χ4n) is 1.73. The van der Waals surface area contributed by atoms with E-state index in [9.17, 15) is 5.11 Å². The molecule has 0 aliphatic heterocycles. The van der Waals surface area contributed by atoms with Crippen molar-refractivity contribution in [2.24, 2.45) is 4.99 Å². The number of nitrogens with one attached hydrogen (secondary N) is 2. The number of nitrogens with zero attached hydrogens (tertiary/aromatic N) is 1. The molecule has 1 rings (SSSR count). The summed E-state index contributed by atoms with van der Waals surface area (Å²) in [5.74, 6) is 1.73. The molecule has 0 spiro atoms. The third-order valence-electron chi connectivity index (χ3n) is 3.08. The maximum absolute atomic E-state index is 9.26. The van der Waals surface area contributed by atoms with Gasteiger partial charge in [0.1, 0.15) is 5.76 Å². The van der Waals surface area contributed by atoms with Crippen LogP contribution in [0.15, 0.2) is 27.8 Å². The Morgan fingerprint density at radius 3 is 2.90 bits per heavy atom. The number of aliphatic hydroxyl groups excluding tert-OH is 1. The molecule has 0 aliphatic carbocycles. The van der Waals surface area contributed by atoms with Crippen LogP contribution in [0.3, 0.4) is 0 Å². The van der Waals surface area contributed by atoms with Crippen LogP contribution in [0.25, 0.3) is 0 Å². The zero-order valence-electron chi connectivity index (χ0n) is 12.6. The summed E-state index contributed by atoms with van der Waals surface area (Å²) in [6, 6.07) is 3.90. The zero-order chi connectivity index (χ0) is 14.6. The van der Waals surface area contributed by atoms with Crippen LogP contribution in [-0.2, 0) is 6.42 Å². The highest BCUT2D eigenvalue weighted by molar-refractivity contribution is 5.80. The number of unbranched alkanes of at least 4 members (excludes halogenated alkanes) is 1. The Morgan fingerprint density at radius 2 is 2.30 bits per heavy atom. The third kappa shape index (κ3) is 6.61. The normalized spacial score (nSPS) is 13.2. The lowest BCUT2D eigenvalue weighted by atomic mass is 10.2. The van der Waals surface area contributed by atoms with Crippen LogP contribution >= 0.6 is 0 Å². The summed E-state index contributed by atoms with van der Waals surface area (Å²) in [5.41, 5.74) is 0. The molecule has 1 heterocycles. The molecular weight excluding hydrogens is 254 g/mol. The lowest BCUT2D eigenvalue weighted by molar-refractivity contribution is 0.251. The van der Waals surface area contributed by atoms with E-state index in [1.165, 1.54) is 0 Å². The second kappa shape index (κ2) is 10.3. The monoisotopic (exact) mass is 281 g/mol. The lowest BCUT2D eigenvalue weighted by Crippen LogP contribution is -2.45. The van der Waals surface area contributed by atoms with Crippen molar-refractivity contribution in [2.45, 2.75) is 45.6 Å². The van der Waals surface area contributed by atoms with Gasteiger partial charge >= 0.3 is 0 Å². The van der Waals surface area contributed by atoms with Gasteiger partial charge in [-0.1, -0.05) is 20.3 Å². The summed E-state index contributed by atoms with van der Waals surface area (Å²) < 4.78 is 5.30. The number of hydrogen-bond donors (Lipinski definition) is 3. The highest BCUT2D eigenvalue weighted by Gasteiger charge is 2.07. The van der Waals surface area contributed by atoms with Gasteiger partial charge in [-0.25, -0.2) is 0 Å². The minimum Gasteiger partial charge on any atom is -0.469 e. The van der Waals surface area contributed by atoms with E-state index in [4.69, 9.17) is 4.42 Å². The molecule has 1 atom stereocenters. The first-order valence-corrected chi connectivity index (χ1v) is 7.48. The van der Waals surface area contributed by atoms with Crippen molar-refractivity contribution >= 4 is 5.96 Å². The van der Waals surface area contributed by atoms with Crippen molar-refractivity contribution in [1.29, 1.82) is 0 Å². The molecule has 0 saturated heterocycles. The molecule has 0 amide bonds. The Bertz CT molecular complexity index is 359. The second-order valence-electron chi connectivity index (χ2n) is 4.77. The first-order chi connectivity index (χ1) is 9.80. The predicted molar refractivity (Wildman–Crippen MR) is 81.9 cm³/mol. The largest absolute Gasteiger partial charge is 0.469 e. The zero-order valence-corrected chi connectivity index (χ0v) is 12.6. The third-order valence-corrected chi connectivity index (χ3v) is 3.08. The van der Waals surface area contributed by atoms with Crippen molar-refractivity contribution < 1.29 is 9.52 Å². The van der Waals surface area contributed by atoms with Gasteiger partial charge < -0.3 is 20.2 Å². The van der Waals surface area contributed by atoms with Crippen molar-refractivity contribution in [3.63, 3.8) is 0 Å². The van der Waals surface area contributed by atoms with Gasteiger partial charge in [-0.2, -0.15) is 0 Å². The number of aliphatic hydroxyl groups is 1. The first-order valence-electron chi connectivity index (χ1n) is 7.48. The molecule has 1 aromatic heterocycles. The molecule has 0 radical (unpaired) electrons. The highest BCUT2D eigenvalue weighted by Crippen LogP contribution is 1.99. The van der Waals surface area contributed by atoms with Crippen LogP contribution < -0.4 is 10.6 Å². The van der Waals surface area contributed by atoms with E-state index in [1.54, 1.807) is 6.26 Å². The van der Waals surface area contributed by atoms with Crippen LogP contribution in [0.4, 0.5) is 0 Å². The maximum atomic E-state index is 9.26. The number of rotatable bonds is 9. The molecule has 0 fully saturated rings. The van der Waals surface area contributed by atoms with Gasteiger partial charge in [0.25, 0.3) is 0 Å². The average molecular weight is 281 g/mol. The topological polar surface area (TPSA) is 69.8 Å². The number of hydrogen-bond acceptors (Lipinski definition) is 3. The van der Waals surface area contributed by atoms with Crippen molar-refractivity contribution in [3.05, 3.63) is 24.2 Å². The Hall–Kier alpha value is -1.49. The summed E-state index contributed by atoms with van der Waals surface area (Å²) in [5, 5.41) is 15.8. The molecule has 114 valence electrons. The van der Waals surface area contributed by atoms with Crippen LogP contribution in [0.1, 0.15) is 38.9 Å². The van der Waals surface area contributed by atoms with Gasteiger partial charge in [-0.15, -0.1) is 0 Å². The summed E-state index contributed by atoms with van der Waals surface area (Å²) in [6.07, 6.45) is 5.56. The molecule has 0 bridgehead atoms. The highest BCUT2D eigenvalue weighted by atomic mass is 16.3. The van der Waals surface area contributed by atoms with E-state index < -0.39 is 0 Å². The predicted octanol–water partition coefficient (Wildman–Crippen LogP) is 1.93. The van der Waals surface area contributed by atoms with Crippen LogP contribution in [0.5, 0.6) is 0 Å². The molecule has 3 N–H and O–H groups in total. The van der Waals surface area contributed by atoms with Crippen LogP contribution in [-0.4, -0.2) is 36.8 Å². The van der Waals surface area contributed by atoms with Crippen molar-refractivity contribution in [3.8, 4) is 0 Å². The lowest BCUT2D eigenvalue weighted by Gasteiger charge is -2.18. The van der Waals surface area contributed by atoms with Crippen LogP contribution in [0.2, 0.25) is 0 Å². The first kappa shape index (κ1) is 16.6. The minimum absolute atomic E-state index is 0.0477. The Kier molecular flexibility index (Phi) is 8.54.